The molecule has 0 radical (unpaired) electrons. The van der Waals surface area contributed by atoms with E-state index < -0.39 is 0 Å². The van der Waals surface area contributed by atoms with Crippen molar-refractivity contribution >= 4 is 43.4 Å². The Balaban J connectivity index is 2.84. The minimum absolute atomic E-state index is 0.731. The third kappa shape index (κ3) is 1.50. The zero-order valence-corrected chi connectivity index (χ0v) is 7.75. The molecule has 0 aliphatic carbocycles. The molecular weight excluding hydrogens is 256 g/mol. The van der Waals surface area contributed by atoms with Gasteiger partial charge in [-0.2, -0.15) is 4.37 Å². The largest absolute Gasteiger partial charge is 0.212 e. The fourth-order valence-electron chi connectivity index (χ4n) is 0.287. The summed E-state index contributed by atoms with van der Waals surface area (Å²) in [5.41, 5.74) is 0. The molecule has 1 heterocycles. The van der Waals surface area contributed by atoms with Crippen molar-refractivity contribution in [2.24, 2.45) is 0 Å². The van der Waals surface area contributed by atoms with Crippen molar-refractivity contribution in [1.29, 1.82) is 0 Å². The maximum Gasteiger partial charge on any atom is 0.179 e. The van der Waals surface area contributed by atoms with Crippen LogP contribution in [-0.2, 0) is 5.33 Å². The van der Waals surface area contributed by atoms with E-state index in [1.54, 1.807) is 0 Å². The molecule has 44 valence electrons. The predicted molar refractivity (Wildman–Crippen MR) is 40.2 cm³/mol. The standard InChI is InChI=1S/C3H2Br2N2S/c4-1-2-6-3(5)8-7-2/h1H2. The first-order valence-corrected chi connectivity index (χ1v) is 4.56. The molecule has 0 fully saturated rings. The number of halogens is 2. The molecule has 0 aliphatic heterocycles. The molecule has 0 unspecified atom stereocenters. The molecule has 2 nitrogen and oxygen atoms in total. The number of aromatic nitrogens is 2. The van der Waals surface area contributed by atoms with Gasteiger partial charge in [-0.05, 0) is 27.5 Å². The molecule has 0 saturated carbocycles. The van der Waals surface area contributed by atoms with Gasteiger partial charge in [0.25, 0.3) is 0 Å². The Morgan fingerprint density at radius 1 is 1.62 bits per heavy atom. The van der Waals surface area contributed by atoms with E-state index in [2.05, 4.69) is 41.2 Å². The van der Waals surface area contributed by atoms with Crippen molar-refractivity contribution in [2.45, 2.75) is 5.33 Å². The maximum absolute atomic E-state index is 4.01. The summed E-state index contributed by atoms with van der Waals surface area (Å²) in [6.07, 6.45) is 0. The Morgan fingerprint density at radius 3 is 2.62 bits per heavy atom. The zero-order valence-electron chi connectivity index (χ0n) is 3.77. The summed E-state index contributed by atoms with van der Waals surface area (Å²) < 4.78 is 4.81. The first-order chi connectivity index (χ1) is 3.83. The zero-order chi connectivity index (χ0) is 5.98. The Kier molecular flexibility index (Phi) is 2.40. The summed E-state index contributed by atoms with van der Waals surface area (Å²) in [6, 6.07) is 0. The van der Waals surface area contributed by atoms with Gasteiger partial charge < -0.3 is 0 Å². The van der Waals surface area contributed by atoms with Crippen molar-refractivity contribution in [2.75, 3.05) is 0 Å². The molecule has 1 aromatic rings. The van der Waals surface area contributed by atoms with E-state index in [0.717, 1.165) is 15.1 Å². The van der Waals surface area contributed by atoms with Gasteiger partial charge in [-0.25, -0.2) is 4.98 Å². The Hall–Kier alpha value is 0.520. The van der Waals surface area contributed by atoms with E-state index in [9.17, 15) is 0 Å². The third-order valence-electron chi connectivity index (χ3n) is 0.563. The van der Waals surface area contributed by atoms with Gasteiger partial charge in [0.05, 0.1) is 5.33 Å². The molecule has 0 saturated heterocycles. The smallest absolute Gasteiger partial charge is 0.179 e. The second-order valence-electron chi connectivity index (χ2n) is 1.10. The van der Waals surface area contributed by atoms with E-state index in [0.29, 0.717) is 0 Å². The SMILES string of the molecule is BrCc1nsc(Br)n1. The molecule has 1 aromatic heterocycles. The highest BCUT2D eigenvalue weighted by Gasteiger charge is 1.95. The number of alkyl halides is 1. The highest BCUT2D eigenvalue weighted by molar-refractivity contribution is 9.11. The van der Waals surface area contributed by atoms with Crippen LogP contribution in [0.1, 0.15) is 5.82 Å². The topological polar surface area (TPSA) is 25.8 Å². The van der Waals surface area contributed by atoms with Gasteiger partial charge in [-0.1, -0.05) is 15.9 Å². The second-order valence-corrected chi connectivity index (χ2v) is 3.69. The summed E-state index contributed by atoms with van der Waals surface area (Å²) in [6.45, 7) is 0. The normalized spacial score (nSPS) is 9.75. The van der Waals surface area contributed by atoms with Crippen molar-refractivity contribution in [3.05, 3.63) is 9.74 Å². The Morgan fingerprint density at radius 2 is 2.38 bits per heavy atom. The van der Waals surface area contributed by atoms with Gasteiger partial charge >= 0.3 is 0 Å². The van der Waals surface area contributed by atoms with Gasteiger partial charge in [-0.15, -0.1) is 0 Å². The van der Waals surface area contributed by atoms with Crippen LogP contribution in [0.15, 0.2) is 3.92 Å². The minimum atomic E-state index is 0.731. The third-order valence-corrected chi connectivity index (χ3v) is 2.22. The van der Waals surface area contributed by atoms with Gasteiger partial charge in [0.2, 0.25) is 0 Å². The summed E-state index contributed by atoms with van der Waals surface area (Å²) in [5.74, 6) is 0.835. The number of nitrogens with zero attached hydrogens (tertiary/aromatic N) is 2. The van der Waals surface area contributed by atoms with E-state index in [1.165, 1.54) is 11.5 Å². The second kappa shape index (κ2) is 2.89. The first-order valence-electron chi connectivity index (χ1n) is 1.87. The van der Waals surface area contributed by atoms with Crippen LogP contribution in [0.25, 0.3) is 0 Å². The van der Waals surface area contributed by atoms with Crippen LogP contribution in [0.3, 0.4) is 0 Å². The van der Waals surface area contributed by atoms with Gasteiger partial charge in [0.1, 0.15) is 0 Å². The van der Waals surface area contributed by atoms with Gasteiger partial charge in [0.15, 0.2) is 9.74 Å². The summed E-state index contributed by atoms with van der Waals surface area (Å²) in [4.78, 5) is 4.01. The summed E-state index contributed by atoms with van der Waals surface area (Å²) >= 11 is 7.78. The highest BCUT2D eigenvalue weighted by Crippen LogP contribution is 2.12. The summed E-state index contributed by atoms with van der Waals surface area (Å²) in [5, 5.41) is 0.731. The Bertz CT molecular complexity index is 176. The van der Waals surface area contributed by atoms with E-state index in [4.69, 9.17) is 0 Å². The lowest BCUT2D eigenvalue weighted by molar-refractivity contribution is 1.13. The number of hydrogen-bond donors (Lipinski definition) is 0. The molecule has 5 heteroatoms. The lowest BCUT2D eigenvalue weighted by Crippen LogP contribution is -1.76. The maximum atomic E-state index is 4.01. The van der Waals surface area contributed by atoms with Crippen molar-refractivity contribution in [3.8, 4) is 0 Å². The molecule has 0 aromatic carbocycles. The quantitative estimate of drug-likeness (QED) is 0.721. The average molecular weight is 258 g/mol. The Labute approximate surface area is 67.8 Å². The van der Waals surface area contributed by atoms with Crippen molar-refractivity contribution in [1.82, 2.24) is 9.36 Å². The average Bonchev–Trinajstić information content (AvgIpc) is 2.14. The molecular formula is C3H2Br2N2S. The van der Waals surface area contributed by atoms with Crippen LogP contribution in [0.5, 0.6) is 0 Å². The summed E-state index contributed by atoms with van der Waals surface area (Å²) in [7, 11) is 0. The van der Waals surface area contributed by atoms with E-state index >= 15 is 0 Å². The molecule has 0 amide bonds. The lowest BCUT2D eigenvalue weighted by atomic mass is 10.8. The highest BCUT2D eigenvalue weighted by atomic mass is 79.9. The van der Waals surface area contributed by atoms with E-state index in [1.807, 2.05) is 0 Å². The van der Waals surface area contributed by atoms with E-state index in [-0.39, 0.29) is 0 Å². The predicted octanol–water partition coefficient (Wildman–Crippen LogP) is 2.20. The van der Waals surface area contributed by atoms with Crippen molar-refractivity contribution in [3.63, 3.8) is 0 Å². The van der Waals surface area contributed by atoms with Crippen LogP contribution in [0, 0.1) is 0 Å². The molecule has 0 N–H and O–H groups in total. The van der Waals surface area contributed by atoms with Crippen LogP contribution in [0.4, 0.5) is 0 Å². The lowest BCUT2D eigenvalue weighted by Gasteiger charge is -1.74. The van der Waals surface area contributed by atoms with Gasteiger partial charge in [0, 0.05) is 0 Å². The monoisotopic (exact) mass is 256 g/mol. The number of hydrogen-bond acceptors (Lipinski definition) is 3. The molecule has 0 spiro atoms. The first kappa shape index (κ1) is 6.64. The molecule has 0 bridgehead atoms. The van der Waals surface area contributed by atoms with Gasteiger partial charge in [-0.3, -0.25) is 0 Å². The van der Waals surface area contributed by atoms with Crippen molar-refractivity contribution < 1.29 is 0 Å². The molecule has 0 atom stereocenters. The van der Waals surface area contributed by atoms with Crippen LogP contribution in [0.2, 0.25) is 0 Å². The molecule has 1 rings (SSSR count). The van der Waals surface area contributed by atoms with Crippen LogP contribution < -0.4 is 0 Å². The van der Waals surface area contributed by atoms with Crippen LogP contribution >= 0.6 is 43.4 Å². The fourth-order valence-corrected chi connectivity index (χ4v) is 1.56. The molecule has 8 heavy (non-hydrogen) atoms. The molecule has 0 aliphatic rings. The van der Waals surface area contributed by atoms with Crippen LogP contribution in [-0.4, -0.2) is 9.36 Å². The minimum Gasteiger partial charge on any atom is -0.212 e. The number of rotatable bonds is 1. The fraction of sp³-hybridized carbons (Fsp3) is 0.333.